The summed E-state index contributed by atoms with van der Waals surface area (Å²) in [5.41, 5.74) is 1.15. The highest BCUT2D eigenvalue weighted by Gasteiger charge is 2.49. The van der Waals surface area contributed by atoms with E-state index in [-0.39, 0.29) is 19.6 Å². The molecule has 3 aliphatic heterocycles. The standard InChI is InChI=1S/C19H21FNO7P/c20-14-11-21(18(23)9-15(14)22)19-10-16-17(27-19)12-26-29(24,28-16)25-8-4-7-13-5-2-1-3-6-13/h1-3,5-6,11,16-17,19H,4,7-10,12H2/t16-,17+,19+,29?/m0/s1. The van der Waals surface area contributed by atoms with Crippen LogP contribution < -0.4 is 0 Å². The van der Waals surface area contributed by atoms with E-state index in [2.05, 4.69) is 0 Å². The Balaban J connectivity index is 1.30. The fourth-order valence-electron chi connectivity index (χ4n) is 3.48. The van der Waals surface area contributed by atoms with E-state index in [1.54, 1.807) is 0 Å². The lowest BCUT2D eigenvalue weighted by molar-refractivity contribution is -0.146. The van der Waals surface area contributed by atoms with Crippen molar-refractivity contribution in [3.8, 4) is 0 Å². The molecule has 8 nitrogen and oxygen atoms in total. The minimum atomic E-state index is -3.74. The number of halogens is 1. The molecule has 2 fully saturated rings. The third-order valence-corrected chi connectivity index (χ3v) is 6.47. The van der Waals surface area contributed by atoms with Crippen molar-refractivity contribution < 1.29 is 36.9 Å². The number of Topliss-reactive ketones (excluding diaryl/α,β-unsaturated/α-hetero) is 1. The molecule has 1 unspecified atom stereocenters. The number of carbonyl (C=O) groups is 2. The number of phosphoric ester groups is 1. The predicted molar refractivity (Wildman–Crippen MR) is 98.1 cm³/mol. The molecule has 0 bridgehead atoms. The zero-order valence-electron chi connectivity index (χ0n) is 15.6. The van der Waals surface area contributed by atoms with E-state index in [1.807, 2.05) is 30.3 Å². The average molecular weight is 425 g/mol. The van der Waals surface area contributed by atoms with Crippen LogP contribution in [-0.4, -0.2) is 48.2 Å². The number of carbonyl (C=O) groups excluding carboxylic acids is 2. The minimum absolute atomic E-state index is 0.0235. The van der Waals surface area contributed by atoms with Crippen LogP contribution in [0.1, 0.15) is 24.8 Å². The number of nitrogens with zero attached hydrogens (tertiary/aromatic N) is 1. The van der Waals surface area contributed by atoms with Crippen molar-refractivity contribution in [3.05, 3.63) is 47.9 Å². The Morgan fingerprint density at radius 3 is 2.79 bits per heavy atom. The van der Waals surface area contributed by atoms with Gasteiger partial charge in [0.2, 0.25) is 11.7 Å². The van der Waals surface area contributed by atoms with Gasteiger partial charge >= 0.3 is 7.82 Å². The van der Waals surface area contributed by atoms with Gasteiger partial charge in [-0.05, 0) is 18.4 Å². The first kappa shape index (κ1) is 20.4. The summed E-state index contributed by atoms with van der Waals surface area (Å²) in [5, 5.41) is 0. The molecular weight excluding hydrogens is 404 g/mol. The maximum atomic E-state index is 13.6. The van der Waals surface area contributed by atoms with Crippen LogP contribution in [0.2, 0.25) is 0 Å². The Hall–Kier alpha value is -1.90. The first-order valence-corrected chi connectivity index (χ1v) is 10.9. The van der Waals surface area contributed by atoms with Crippen LogP contribution >= 0.6 is 7.82 Å². The third kappa shape index (κ3) is 4.65. The molecular formula is C19H21FNO7P. The SMILES string of the molecule is O=C1CC(=O)N([C@H]2C[C@@H]3OP(=O)(OCCCc4ccccc4)OC[C@H]3O2)C=C1F. The topological polar surface area (TPSA) is 91.4 Å². The van der Waals surface area contributed by atoms with Crippen molar-refractivity contribution in [2.75, 3.05) is 13.2 Å². The van der Waals surface area contributed by atoms with Gasteiger partial charge < -0.3 is 4.74 Å². The molecule has 4 rings (SSSR count). The highest BCUT2D eigenvalue weighted by molar-refractivity contribution is 7.48. The molecule has 3 aliphatic rings. The number of fused-ring (bicyclic) bond motifs is 1. The fraction of sp³-hybridized carbons (Fsp3) is 0.474. The molecule has 0 saturated carbocycles. The zero-order valence-corrected chi connectivity index (χ0v) is 16.5. The van der Waals surface area contributed by atoms with Gasteiger partial charge in [0.05, 0.1) is 19.6 Å². The van der Waals surface area contributed by atoms with Gasteiger partial charge in [-0.2, -0.15) is 0 Å². The molecule has 1 amide bonds. The summed E-state index contributed by atoms with van der Waals surface area (Å²) in [6, 6.07) is 9.85. The lowest BCUT2D eigenvalue weighted by atomic mass is 10.1. The molecule has 4 atom stereocenters. The van der Waals surface area contributed by atoms with Crippen LogP contribution in [0.3, 0.4) is 0 Å². The number of amides is 1. The van der Waals surface area contributed by atoms with Gasteiger partial charge in [0, 0.05) is 12.6 Å². The van der Waals surface area contributed by atoms with Crippen molar-refractivity contribution in [3.63, 3.8) is 0 Å². The van der Waals surface area contributed by atoms with Gasteiger partial charge in [-0.15, -0.1) is 0 Å². The number of benzene rings is 1. The van der Waals surface area contributed by atoms with Gasteiger partial charge in [-0.1, -0.05) is 30.3 Å². The second-order valence-corrected chi connectivity index (χ2v) is 8.67. The number of ether oxygens (including phenoxy) is 1. The van der Waals surface area contributed by atoms with E-state index in [0.29, 0.717) is 6.42 Å². The second kappa shape index (κ2) is 8.45. The summed E-state index contributed by atoms with van der Waals surface area (Å²) in [6.45, 7) is 0.179. The number of ketones is 1. The lowest BCUT2D eigenvalue weighted by Crippen LogP contribution is -2.40. The Labute approximate surface area is 167 Å². The predicted octanol–water partition coefficient (Wildman–Crippen LogP) is 2.89. The smallest absolute Gasteiger partial charge is 0.349 e. The Morgan fingerprint density at radius 2 is 2.00 bits per heavy atom. The summed E-state index contributed by atoms with van der Waals surface area (Å²) in [7, 11) is -3.74. The number of allylic oxidation sites excluding steroid dienone is 1. The van der Waals surface area contributed by atoms with Crippen molar-refractivity contribution in [2.45, 2.75) is 44.1 Å². The first-order valence-electron chi connectivity index (χ1n) is 9.42. The fourth-order valence-corrected chi connectivity index (χ4v) is 4.91. The molecule has 0 N–H and O–H groups in total. The third-order valence-electron chi connectivity index (χ3n) is 4.97. The highest BCUT2D eigenvalue weighted by atomic mass is 31.2. The monoisotopic (exact) mass is 425 g/mol. The minimum Gasteiger partial charge on any atom is -0.349 e. The summed E-state index contributed by atoms with van der Waals surface area (Å²) in [4.78, 5) is 24.4. The molecule has 1 aromatic rings. The molecule has 0 aromatic heterocycles. The Kier molecular flexibility index (Phi) is 5.94. The molecule has 0 aliphatic carbocycles. The van der Waals surface area contributed by atoms with E-state index in [4.69, 9.17) is 18.3 Å². The van der Waals surface area contributed by atoms with Gasteiger partial charge in [-0.3, -0.25) is 28.1 Å². The number of rotatable bonds is 6. The molecule has 2 saturated heterocycles. The van der Waals surface area contributed by atoms with Crippen molar-refractivity contribution in [2.24, 2.45) is 0 Å². The van der Waals surface area contributed by atoms with Crippen molar-refractivity contribution in [1.82, 2.24) is 4.90 Å². The number of phosphoric acid groups is 1. The molecule has 1 aromatic carbocycles. The molecule has 156 valence electrons. The van der Waals surface area contributed by atoms with E-state index in [0.717, 1.165) is 23.1 Å². The van der Waals surface area contributed by atoms with E-state index in [9.17, 15) is 18.5 Å². The molecule has 29 heavy (non-hydrogen) atoms. The number of hydrogen-bond acceptors (Lipinski definition) is 7. The first-order chi connectivity index (χ1) is 13.9. The average Bonchev–Trinajstić information content (AvgIpc) is 3.11. The van der Waals surface area contributed by atoms with Crippen LogP contribution in [0.4, 0.5) is 4.39 Å². The van der Waals surface area contributed by atoms with Crippen LogP contribution in [0.25, 0.3) is 0 Å². The molecule has 0 radical (unpaired) electrons. The largest absolute Gasteiger partial charge is 0.475 e. The van der Waals surface area contributed by atoms with Crippen LogP contribution in [0, 0.1) is 0 Å². The number of hydrogen-bond donors (Lipinski definition) is 0. The normalized spacial score (nSPS) is 32.2. The maximum absolute atomic E-state index is 13.6. The van der Waals surface area contributed by atoms with Crippen LogP contribution in [0.15, 0.2) is 42.4 Å². The summed E-state index contributed by atoms with van der Waals surface area (Å²) in [6.07, 6.45) is -0.0962. The Morgan fingerprint density at radius 1 is 1.21 bits per heavy atom. The quantitative estimate of drug-likeness (QED) is 0.393. The van der Waals surface area contributed by atoms with Gasteiger partial charge in [0.25, 0.3) is 0 Å². The second-order valence-electron chi connectivity index (χ2n) is 7.05. The number of aryl methyl sites for hydroxylation is 1. The van der Waals surface area contributed by atoms with Gasteiger partial charge in [-0.25, -0.2) is 8.96 Å². The van der Waals surface area contributed by atoms with Gasteiger partial charge in [0.15, 0.2) is 5.83 Å². The zero-order chi connectivity index (χ0) is 20.4. The highest BCUT2D eigenvalue weighted by Crippen LogP contribution is 2.56. The summed E-state index contributed by atoms with van der Waals surface area (Å²) < 4.78 is 48.2. The van der Waals surface area contributed by atoms with Crippen molar-refractivity contribution >= 4 is 19.5 Å². The Bertz CT molecular complexity index is 861. The van der Waals surface area contributed by atoms with Crippen LogP contribution in [0.5, 0.6) is 0 Å². The summed E-state index contributed by atoms with van der Waals surface area (Å²) in [5.74, 6) is -2.40. The molecule has 3 heterocycles. The molecule has 10 heteroatoms. The van der Waals surface area contributed by atoms with E-state index < -0.39 is 50.2 Å². The van der Waals surface area contributed by atoms with Gasteiger partial charge in [0.1, 0.15) is 18.4 Å². The van der Waals surface area contributed by atoms with E-state index in [1.165, 1.54) is 0 Å². The maximum Gasteiger partial charge on any atom is 0.475 e. The van der Waals surface area contributed by atoms with E-state index >= 15 is 0 Å². The van der Waals surface area contributed by atoms with Crippen molar-refractivity contribution in [1.29, 1.82) is 0 Å². The lowest BCUT2D eigenvalue weighted by Gasteiger charge is -2.30. The van der Waals surface area contributed by atoms with Crippen LogP contribution in [-0.2, 0) is 38.9 Å². The summed E-state index contributed by atoms with van der Waals surface area (Å²) >= 11 is 0. The molecule has 0 spiro atoms.